The molecule has 1 aliphatic heterocycles. The number of halogens is 1. The maximum atomic E-state index is 12.2. The minimum atomic E-state index is 0.0282. The number of carbonyl (C=O) groups excluding carboxylic acids is 1. The lowest BCUT2D eigenvalue weighted by Crippen LogP contribution is -2.49. The van der Waals surface area contributed by atoms with Gasteiger partial charge in [-0.1, -0.05) is 6.92 Å². The molecule has 0 spiro atoms. The SMILES string of the molecule is CCN1CCN(C(=O)COc2cc(OC)ccc2Br)CC1. The summed E-state index contributed by atoms with van der Waals surface area (Å²) in [6, 6.07) is 5.45. The third kappa shape index (κ3) is 4.35. The number of methoxy groups -OCH3 is 1. The summed E-state index contributed by atoms with van der Waals surface area (Å²) in [5.41, 5.74) is 0. The van der Waals surface area contributed by atoms with Gasteiger partial charge in [0.05, 0.1) is 11.6 Å². The molecule has 0 bridgehead atoms. The second-order valence-electron chi connectivity index (χ2n) is 4.90. The van der Waals surface area contributed by atoms with Crippen molar-refractivity contribution in [2.75, 3.05) is 46.4 Å². The van der Waals surface area contributed by atoms with Gasteiger partial charge >= 0.3 is 0 Å². The van der Waals surface area contributed by atoms with Crippen LogP contribution < -0.4 is 9.47 Å². The summed E-state index contributed by atoms with van der Waals surface area (Å²) < 4.78 is 11.6. The van der Waals surface area contributed by atoms with Crippen molar-refractivity contribution in [1.29, 1.82) is 0 Å². The van der Waals surface area contributed by atoms with Crippen molar-refractivity contribution in [2.45, 2.75) is 6.92 Å². The number of ether oxygens (including phenoxy) is 2. The second kappa shape index (κ2) is 7.66. The van der Waals surface area contributed by atoms with E-state index in [0.29, 0.717) is 11.5 Å². The second-order valence-corrected chi connectivity index (χ2v) is 5.75. The van der Waals surface area contributed by atoms with Gasteiger partial charge in [-0.2, -0.15) is 0 Å². The lowest BCUT2D eigenvalue weighted by Gasteiger charge is -2.33. The summed E-state index contributed by atoms with van der Waals surface area (Å²) in [5.74, 6) is 1.35. The van der Waals surface area contributed by atoms with E-state index in [1.54, 1.807) is 13.2 Å². The Kier molecular flexibility index (Phi) is 5.87. The monoisotopic (exact) mass is 356 g/mol. The number of hydrogen-bond acceptors (Lipinski definition) is 4. The largest absolute Gasteiger partial charge is 0.497 e. The van der Waals surface area contributed by atoms with Gasteiger partial charge in [0.2, 0.25) is 0 Å². The molecule has 1 heterocycles. The smallest absolute Gasteiger partial charge is 0.260 e. The Balaban J connectivity index is 1.87. The predicted molar refractivity (Wildman–Crippen MR) is 84.9 cm³/mol. The topological polar surface area (TPSA) is 42.0 Å². The molecule has 116 valence electrons. The Morgan fingerprint density at radius 1 is 1.29 bits per heavy atom. The van der Waals surface area contributed by atoms with Crippen LogP contribution in [0.25, 0.3) is 0 Å². The van der Waals surface area contributed by atoms with Crippen LogP contribution in [0.1, 0.15) is 6.92 Å². The highest BCUT2D eigenvalue weighted by molar-refractivity contribution is 9.10. The van der Waals surface area contributed by atoms with Gasteiger partial charge in [0.25, 0.3) is 5.91 Å². The number of carbonyl (C=O) groups is 1. The molecule has 1 saturated heterocycles. The molecule has 0 saturated carbocycles. The van der Waals surface area contributed by atoms with Crippen LogP contribution in [0.2, 0.25) is 0 Å². The third-order valence-corrected chi connectivity index (χ3v) is 4.32. The highest BCUT2D eigenvalue weighted by atomic mass is 79.9. The molecule has 6 heteroatoms. The zero-order valence-corrected chi connectivity index (χ0v) is 14.1. The van der Waals surface area contributed by atoms with Crippen molar-refractivity contribution in [1.82, 2.24) is 9.80 Å². The number of likely N-dealkylation sites (N-methyl/N-ethyl adjacent to an activating group) is 1. The molecule has 1 amide bonds. The summed E-state index contributed by atoms with van der Waals surface area (Å²) in [6.45, 7) is 6.65. The van der Waals surface area contributed by atoms with E-state index < -0.39 is 0 Å². The number of amides is 1. The molecular formula is C15H21BrN2O3. The predicted octanol–water partition coefficient (Wildman–Crippen LogP) is 2.00. The molecular weight excluding hydrogens is 336 g/mol. The molecule has 0 radical (unpaired) electrons. The van der Waals surface area contributed by atoms with Gasteiger partial charge in [-0.05, 0) is 34.6 Å². The van der Waals surface area contributed by atoms with E-state index in [4.69, 9.17) is 9.47 Å². The van der Waals surface area contributed by atoms with Crippen LogP contribution in [0.15, 0.2) is 22.7 Å². The van der Waals surface area contributed by atoms with Gasteiger partial charge in [-0.25, -0.2) is 0 Å². The molecule has 5 nitrogen and oxygen atoms in total. The average Bonchev–Trinajstić information content (AvgIpc) is 2.54. The van der Waals surface area contributed by atoms with Crippen LogP contribution >= 0.6 is 15.9 Å². The molecule has 0 aliphatic carbocycles. The van der Waals surface area contributed by atoms with Gasteiger partial charge in [0, 0.05) is 32.2 Å². The number of hydrogen-bond donors (Lipinski definition) is 0. The lowest BCUT2D eigenvalue weighted by atomic mass is 10.3. The van der Waals surface area contributed by atoms with Crippen molar-refractivity contribution >= 4 is 21.8 Å². The maximum Gasteiger partial charge on any atom is 0.260 e. The van der Waals surface area contributed by atoms with E-state index in [1.165, 1.54) is 0 Å². The van der Waals surface area contributed by atoms with E-state index in [2.05, 4.69) is 27.8 Å². The summed E-state index contributed by atoms with van der Waals surface area (Å²) >= 11 is 3.41. The first-order chi connectivity index (χ1) is 10.1. The van der Waals surface area contributed by atoms with Gasteiger partial charge in [0.1, 0.15) is 11.5 Å². The van der Waals surface area contributed by atoms with Crippen molar-refractivity contribution in [3.8, 4) is 11.5 Å². The van der Waals surface area contributed by atoms with Gasteiger partial charge in [-0.3, -0.25) is 4.79 Å². The van der Waals surface area contributed by atoms with Crippen molar-refractivity contribution in [2.24, 2.45) is 0 Å². The molecule has 2 rings (SSSR count). The van der Waals surface area contributed by atoms with Crippen LogP contribution in [0.4, 0.5) is 0 Å². The Bertz CT molecular complexity index is 488. The van der Waals surface area contributed by atoms with Crippen molar-refractivity contribution in [3.63, 3.8) is 0 Å². The molecule has 0 atom stereocenters. The van der Waals surface area contributed by atoms with Gasteiger partial charge in [-0.15, -0.1) is 0 Å². The molecule has 1 aliphatic rings. The van der Waals surface area contributed by atoms with Crippen LogP contribution in [-0.2, 0) is 4.79 Å². The standard InChI is InChI=1S/C15H21BrN2O3/c1-3-17-6-8-18(9-7-17)15(19)11-21-14-10-12(20-2)4-5-13(14)16/h4-5,10H,3,6-9,11H2,1-2H3. The molecule has 0 aromatic heterocycles. The fourth-order valence-electron chi connectivity index (χ4n) is 2.27. The number of rotatable bonds is 5. The number of benzene rings is 1. The molecule has 1 aromatic carbocycles. The highest BCUT2D eigenvalue weighted by Crippen LogP contribution is 2.29. The van der Waals surface area contributed by atoms with Crippen molar-refractivity contribution in [3.05, 3.63) is 22.7 Å². The molecule has 0 unspecified atom stereocenters. The van der Waals surface area contributed by atoms with Crippen LogP contribution in [-0.4, -0.2) is 62.1 Å². The highest BCUT2D eigenvalue weighted by Gasteiger charge is 2.20. The van der Waals surface area contributed by atoms with Gasteiger partial charge < -0.3 is 19.3 Å². The number of piperazine rings is 1. The minimum Gasteiger partial charge on any atom is -0.497 e. The molecule has 1 aromatic rings. The first kappa shape index (κ1) is 16.1. The fourth-order valence-corrected chi connectivity index (χ4v) is 2.63. The Morgan fingerprint density at radius 2 is 2.00 bits per heavy atom. The quantitative estimate of drug-likeness (QED) is 0.809. The summed E-state index contributed by atoms with van der Waals surface area (Å²) in [4.78, 5) is 16.4. The van der Waals surface area contributed by atoms with E-state index in [-0.39, 0.29) is 12.5 Å². The van der Waals surface area contributed by atoms with Crippen LogP contribution in [0.5, 0.6) is 11.5 Å². The Morgan fingerprint density at radius 3 is 2.62 bits per heavy atom. The lowest BCUT2D eigenvalue weighted by molar-refractivity contribution is -0.135. The minimum absolute atomic E-state index is 0.0282. The fraction of sp³-hybridized carbons (Fsp3) is 0.533. The molecule has 21 heavy (non-hydrogen) atoms. The molecule has 0 N–H and O–H groups in total. The van der Waals surface area contributed by atoms with E-state index in [0.717, 1.165) is 37.2 Å². The zero-order valence-electron chi connectivity index (χ0n) is 12.5. The average molecular weight is 357 g/mol. The first-order valence-electron chi connectivity index (χ1n) is 7.10. The summed E-state index contributed by atoms with van der Waals surface area (Å²) in [6.07, 6.45) is 0. The van der Waals surface area contributed by atoms with Crippen LogP contribution in [0, 0.1) is 0 Å². The van der Waals surface area contributed by atoms with Crippen LogP contribution in [0.3, 0.4) is 0 Å². The third-order valence-electron chi connectivity index (χ3n) is 3.66. The van der Waals surface area contributed by atoms with Gasteiger partial charge in [0.15, 0.2) is 6.61 Å². The van der Waals surface area contributed by atoms with E-state index >= 15 is 0 Å². The summed E-state index contributed by atoms with van der Waals surface area (Å²) in [5, 5.41) is 0. The first-order valence-corrected chi connectivity index (χ1v) is 7.89. The van der Waals surface area contributed by atoms with E-state index in [9.17, 15) is 4.79 Å². The Labute approximate surface area is 133 Å². The Hall–Kier alpha value is -1.27. The summed E-state index contributed by atoms with van der Waals surface area (Å²) in [7, 11) is 1.60. The number of nitrogens with zero attached hydrogens (tertiary/aromatic N) is 2. The normalized spacial score (nSPS) is 15.9. The van der Waals surface area contributed by atoms with Crippen molar-refractivity contribution < 1.29 is 14.3 Å². The zero-order chi connectivity index (χ0) is 15.2. The molecule has 1 fully saturated rings. The maximum absolute atomic E-state index is 12.2. The van der Waals surface area contributed by atoms with E-state index in [1.807, 2.05) is 17.0 Å².